The molecule has 2 rings (SSSR count). The van der Waals surface area contributed by atoms with Crippen LogP contribution in [0.2, 0.25) is 0 Å². The van der Waals surface area contributed by atoms with E-state index in [1.165, 1.54) is 5.56 Å². The van der Waals surface area contributed by atoms with Gasteiger partial charge < -0.3 is 15.8 Å². The number of carbonyl (C=O) groups excluding carboxylic acids is 1. The first-order chi connectivity index (χ1) is 8.66. The van der Waals surface area contributed by atoms with Crippen LogP contribution in [0.15, 0.2) is 24.3 Å². The number of rotatable bonds is 4. The summed E-state index contributed by atoms with van der Waals surface area (Å²) in [4.78, 5) is 11.6. The SMILES string of the molecule is Cc1ccc(NC(C(N)=O)C2CCOCC2)cc1. The molecule has 0 aliphatic carbocycles. The van der Waals surface area contributed by atoms with Gasteiger partial charge in [-0.25, -0.2) is 0 Å². The first-order valence-corrected chi connectivity index (χ1v) is 6.37. The van der Waals surface area contributed by atoms with Crippen LogP contribution in [0.1, 0.15) is 18.4 Å². The van der Waals surface area contributed by atoms with E-state index in [0.717, 1.165) is 18.5 Å². The molecule has 18 heavy (non-hydrogen) atoms. The van der Waals surface area contributed by atoms with E-state index in [-0.39, 0.29) is 17.9 Å². The molecule has 1 atom stereocenters. The van der Waals surface area contributed by atoms with Crippen molar-refractivity contribution in [2.45, 2.75) is 25.8 Å². The summed E-state index contributed by atoms with van der Waals surface area (Å²) in [5, 5.41) is 3.25. The van der Waals surface area contributed by atoms with Crippen LogP contribution in [0.3, 0.4) is 0 Å². The molecule has 3 N–H and O–H groups in total. The third-order valence-electron chi connectivity index (χ3n) is 3.42. The summed E-state index contributed by atoms with van der Waals surface area (Å²) in [6.07, 6.45) is 1.76. The summed E-state index contributed by atoms with van der Waals surface area (Å²) in [5.74, 6) is -0.0278. The topological polar surface area (TPSA) is 64.3 Å². The molecule has 0 spiro atoms. The van der Waals surface area contributed by atoms with Gasteiger partial charge >= 0.3 is 0 Å². The average Bonchev–Trinajstić information content (AvgIpc) is 2.38. The Labute approximate surface area is 108 Å². The number of hydrogen-bond donors (Lipinski definition) is 2. The molecule has 1 saturated heterocycles. The molecule has 0 saturated carbocycles. The number of carbonyl (C=O) groups is 1. The van der Waals surface area contributed by atoms with Gasteiger partial charge in [0.2, 0.25) is 5.91 Å². The molecule has 1 aliphatic rings. The Morgan fingerprint density at radius 3 is 2.50 bits per heavy atom. The van der Waals surface area contributed by atoms with Crippen molar-refractivity contribution >= 4 is 11.6 Å². The van der Waals surface area contributed by atoms with Crippen molar-refractivity contribution < 1.29 is 9.53 Å². The number of anilines is 1. The highest BCUT2D eigenvalue weighted by Gasteiger charge is 2.28. The standard InChI is InChI=1S/C14H20N2O2/c1-10-2-4-12(5-3-10)16-13(14(15)17)11-6-8-18-9-7-11/h2-5,11,13,16H,6-9H2,1H3,(H2,15,17). The van der Waals surface area contributed by atoms with Gasteiger partial charge in [0.15, 0.2) is 0 Å². The zero-order chi connectivity index (χ0) is 13.0. The third kappa shape index (κ3) is 3.23. The maximum atomic E-state index is 11.6. The number of benzene rings is 1. The van der Waals surface area contributed by atoms with Gasteiger partial charge in [-0.1, -0.05) is 17.7 Å². The highest BCUT2D eigenvalue weighted by molar-refractivity contribution is 5.83. The monoisotopic (exact) mass is 248 g/mol. The van der Waals surface area contributed by atoms with Crippen LogP contribution < -0.4 is 11.1 Å². The van der Waals surface area contributed by atoms with Crippen molar-refractivity contribution in [1.29, 1.82) is 0 Å². The maximum Gasteiger partial charge on any atom is 0.240 e. The lowest BCUT2D eigenvalue weighted by Crippen LogP contribution is -2.43. The summed E-state index contributed by atoms with van der Waals surface area (Å²) in [7, 11) is 0. The number of hydrogen-bond acceptors (Lipinski definition) is 3. The average molecular weight is 248 g/mol. The summed E-state index contributed by atoms with van der Waals surface area (Å²) in [5.41, 5.74) is 7.64. The minimum Gasteiger partial charge on any atom is -0.381 e. The quantitative estimate of drug-likeness (QED) is 0.852. The van der Waals surface area contributed by atoms with Gasteiger partial charge in [-0.05, 0) is 37.8 Å². The van der Waals surface area contributed by atoms with E-state index >= 15 is 0 Å². The minimum atomic E-state index is -0.309. The van der Waals surface area contributed by atoms with Crippen molar-refractivity contribution in [1.82, 2.24) is 0 Å². The van der Waals surface area contributed by atoms with Gasteiger partial charge in [-0.15, -0.1) is 0 Å². The maximum absolute atomic E-state index is 11.6. The molecular weight excluding hydrogens is 228 g/mol. The fourth-order valence-corrected chi connectivity index (χ4v) is 2.30. The first kappa shape index (κ1) is 12.9. The molecule has 98 valence electrons. The Hall–Kier alpha value is -1.55. The zero-order valence-electron chi connectivity index (χ0n) is 10.7. The molecule has 1 heterocycles. The highest BCUT2D eigenvalue weighted by atomic mass is 16.5. The Bertz CT molecular complexity index is 397. The van der Waals surface area contributed by atoms with Gasteiger partial charge in [0.1, 0.15) is 6.04 Å². The largest absolute Gasteiger partial charge is 0.381 e. The van der Waals surface area contributed by atoms with Crippen molar-refractivity contribution in [2.75, 3.05) is 18.5 Å². The van der Waals surface area contributed by atoms with E-state index in [9.17, 15) is 4.79 Å². The van der Waals surface area contributed by atoms with Crippen LogP contribution in [0.25, 0.3) is 0 Å². The van der Waals surface area contributed by atoms with Crippen molar-refractivity contribution in [2.24, 2.45) is 11.7 Å². The number of primary amides is 1. The van der Waals surface area contributed by atoms with E-state index in [4.69, 9.17) is 10.5 Å². The predicted molar refractivity (Wildman–Crippen MR) is 71.3 cm³/mol. The Balaban J connectivity index is 2.05. The number of nitrogens with one attached hydrogen (secondary N) is 1. The lowest BCUT2D eigenvalue weighted by atomic mass is 9.91. The molecule has 0 radical (unpaired) electrons. The van der Waals surface area contributed by atoms with Gasteiger partial charge in [0, 0.05) is 18.9 Å². The van der Waals surface area contributed by atoms with E-state index in [0.29, 0.717) is 13.2 Å². The molecular formula is C14H20N2O2. The molecule has 1 fully saturated rings. The second-order valence-electron chi connectivity index (χ2n) is 4.84. The molecule has 0 bridgehead atoms. The molecule has 1 aromatic carbocycles. The molecule has 1 aliphatic heterocycles. The molecule has 0 aromatic heterocycles. The highest BCUT2D eigenvalue weighted by Crippen LogP contribution is 2.22. The second kappa shape index (κ2) is 5.87. The Morgan fingerprint density at radius 2 is 1.94 bits per heavy atom. The van der Waals surface area contributed by atoms with E-state index in [1.807, 2.05) is 31.2 Å². The van der Waals surface area contributed by atoms with Crippen molar-refractivity contribution in [3.63, 3.8) is 0 Å². The molecule has 4 nitrogen and oxygen atoms in total. The van der Waals surface area contributed by atoms with Gasteiger partial charge in [0.25, 0.3) is 0 Å². The smallest absolute Gasteiger partial charge is 0.240 e. The fraction of sp³-hybridized carbons (Fsp3) is 0.500. The van der Waals surface area contributed by atoms with E-state index < -0.39 is 0 Å². The lowest BCUT2D eigenvalue weighted by Gasteiger charge is -2.29. The van der Waals surface area contributed by atoms with Crippen molar-refractivity contribution in [3.8, 4) is 0 Å². The van der Waals surface area contributed by atoms with Gasteiger partial charge in [0.05, 0.1) is 0 Å². The normalized spacial score (nSPS) is 18.3. The Kier molecular flexibility index (Phi) is 4.20. The number of ether oxygens (including phenoxy) is 1. The Morgan fingerprint density at radius 1 is 1.33 bits per heavy atom. The molecule has 1 aromatic rings. The summed E-state index contributed by atoms with van der Waals surface area (Å²) < 4.78 is 5.32. The van der Waals surface area contributed by atoms with Crippen LogP contribution in [0, 0.1) is 12.8 Å². The molecule has 1 amide bonds. The summed E-state index contributed by atoms with van der Waals surface area (Å²) in [6, 6.07) is 7.68. The zero-order valence-corrected chi connectivity index (χ0v) is 10.7. The number of nitrogens with two attached hydrogens (primary N) is 1. The second-order valence-corrected chi connectivity index (χ2v) is 4.84. The third-order valence-corrected chi connectivity index (χ3v) is 3.42. The fourth-order valence-electron chi connectivity index (χ4n) is 2.30. The van der Waals surface area contributed by atoms with Crippen LogP contribution in [-0.4, -0.2) is 25.2 Å². The van der Waals surface area contributed by atoms with Crippen LogP contribution >= 0.6 is 0 Å². The van der Waals surface area contributed by atoms with Crippen molar-refractivity contribution in [3.05, 3.63) is 29.8 Å². The van der Waals surface area contributed by atoms with E-state index in [1.54, 1.807) is 0 Å². The summed E-state index contributed by atoms with van der Waals surface area (Å²) in [6.45, 7) is 3.46. The minimum absolute atomic E-state index is 0.262. The molecule has 1 unspecified atom stereocenters. The van der Waals surface area contributed by atoms with Gasteiger partial charge in [-0.2, -0.15) is 0 Å². The molecule has 4 heteroatoms. The van der Waals surface area contributed by atoms with Crippen LogP contribution in [0.4, 0.5) is 5.69 Å². The van der Waals surface area contributed by atoms with Gasteiger partial charge in [-0.3, -0.25) is 4.79 Å². The number of amides is 1. The van der Waals surface area contributed by atoms with E-state index in [2.05, 4.69) is 5.32 Å². The van der Waals surface area contributed by atoms with Crippen LogP contribution in [-0.2, 0) is 9.53 Å². The number of aryl methyl sites for hydroxylation is 1. The first-order valence-electron chi connectivity index (χ1n) is 6.37. The summed E-state index contributed by atoms with van der Waals surface area (Å²) >= 11 is 0. The van der Waals surface area contributed by atoms with Crippen LogP contribution in [0.5, 0.6) is 0 Å². The predicted octanol–water partition coefficient (Wildman–Crippen LogP) is 1.69. The lowest BCUT2D eigenvalue weighted by molar-refractivity contribution is -0.120.